The van der Waals surface area contributed by atoms with Gasteiger partial charge < -0.3 is 5.73 Å². The second-order valence-electron chi connectivity index (χ2n) is 3.46. The first-order valence-electron chi connectivity index (χ1n) is 4.97. The monoisotopic (exact) mass is 227 g/mol. The number of unbranched alkanes of at least 4 members (excludes halogenated alkanes) is 1. The number of allylic oxidation sites excluding steroid dienone is 1. The van der Waals surface area contributed by atoms with E-state index in [4.69, 9.17) is 17.3 Å². The number of hydrogen-bond donors (Lipinski definition) is 1. The van der Waals surface area contributed by atoms with Crippen molar-refractivity contribution in [1.82, 2.24) is 0 Å². The molecule has 1 aromatic rings. The van der Waals surface area contributed by atoms with E-state index in [0.717, 1.165) is 12.8 Å². The van der Waals surface area contributed by atoms with Crippen LogP contribution in [0.4, 0.5) is 4.39 Å². The third-order valence-electron chi connectivity index (χ3n) is 2.29. The van der Waals surface area contributed by atoms with Gasteiger partial charge in [0, 0.05) is 16.6 Å². The minimum absolute atomic E-state index is 0.325. The fourth-order valence-electron chi connectivity index (χ4n) is 1.49. The summed E-state index contributed by atoms with van der Waals surface area (Å²) in [6.07, 6.45) is 4.33. The Kier molecular flexibility index (Phi) is 4.79. The molecule has 0 heterocycles. The number of benzene rings is 1. The van der Waals surface area contributed by atoms with Crippen LogP contribution in [0.25, 0.3) is 0 Å². The fourth-order valence-corrected chi connectivity index (χ4v) is 1.79. The van der Waals surface area contributed by atoms with Crippen molar-refractivity contribution in [3.05, 3.63) is 47.3 Å². The van der Waals surface area contributed by atoms with Crippen LogP contribution in [0.15, 0.2) is 30.9 Å². The Bertz CT molecular complexity index is 318. The predicted octanol–water partition coefficient (Wildman–Crippen LogP) is 3.84. The Morgan fingerprint density at radius 1 is 1.53 bits per heavy atom. The van der Waals surface area contributed by atoms with Crippen molar-refractivity contribution in [1.29, 1.82) is 0 Å². The van der Waals surface area contributed by atoms with Gasteiger partial charge in [0.15, 0.2) is 0 Å². The zero-order valence-electron chi connectivity index (χ0n) is 8.55. The lowest BCUT2D eigenvalue weighted by molar-refractivity contribution is 0.553. The molecule has 0 saturated carbocycles. The van der Waals surface area contributed by atoms with Gasteiger partial charge in [-0.25, -0.2) is 4.39 Å². The lowest BCUT2D eigenvalue weighted by atomic mass is 10.0. The molecule has 1 rings (SSSR count). The highest BCUT2D eigenvalue weighted by molar-refractivity contribution is 6.31. The Hall–Kier alpha value is -0.860. The van der Waals surface area contributed by atoms with Crippen LogP contribution in [0, 0.1) is 5.82 Å². The molecule has 0 aliphatic heterocycles. The first kappa shape index (κ1) is 12.2. The molecule has 2 N–H and O–H groups in total. The quantitative estimate of drug-likeness (QED) is 0.600. The summed E-state index contributed by atoms with van der Waals surface area (Å²) in [6, 6.07) is 4.29. The van der Waals surface area contributed by atoms with Crippen LogP contribution in [0.3, 0.4) is 0 Å². The lowest BCUT2D eigenvalue weighted by Gasteiger charge is -2.13. The number of hydrogen-bond acceptors (Lipinski definition) is 1. The van der Waals surface area contributed by atoms with Gasteiger partial charge in [-0.05, 0) is 31.4 Å². The second-order valence-corrected chi connectivity index (χ2v) is 3.87. The SMILES string of the molecule is C=CCCCC(N)c1c(F)cccc1Cl. The summed E-state index contributed by atoms with van der Waals surface area (Å²) in [5.41, 5.74) is 6.30. The Morgan fingerprint density at radius 3 is 2.87 bits per heavy atom. The van der Waals surface area contributed by atoms with Gasteiger partial charge in [-0.3, -0.25) is 0 Å². The molecule has 0 aliphatic carbocycles. The molecule has 3 heteroatoms. The van der Waals surface area contributed by atoms with Crippen molar-refractivity contribution in [2.24, 2.45) is 5.73 Å². The summed E-state index contributed by atoms with van der Waals surface area (Å²) < 4.78 is 13.4. The van der Waals surface area contributed by atoms with Crippen LogP contribution in [-0.2, 0) is 0 Å². The van der Waals surface area contributed by atoms with Crippen LogP contribution in [0.5, 0.6) is 0 Å². The van der Waals surface area contributed by atoms with Gasteiger partial charge in [0.1, 0.15) is 5.82 Å². The van der Waals surface area contributed by atoms with E-state index >= 15 is 0 Å². The summed E-state index contributed by atoms with van der Waals surface area (Å²) >= 11 is 5.90. The van der Waals surface area contributed by atoms with Crippen LogP contribution >= 0.6 is 11.6 Å². The highest BCUT2D eigenvalue weighted by Gasteiger charge is 2.14. The summed E-state index contributed by atoms with van der Waals surface area (Å²) in [4.78, 5) is 0. The van der Waals surface area contributed by atoms with E-state index in [1.165, 1.54) is 6.07 Å². The summed E-state index contributed by atoms with van der Waals surface area (Å²) in [6.45, 7) is 3.62. The minimum Gasteiger partial charge on any atom is -0.324 e. The van der Waals surface area contributed by atoms with E-state index in [-0.39, 0.29) is 11.9 Å². The minimum atomic E-state index is -0.335. The molecule has 0 aliphatic rings. The molecular formula is C12H15ClFN. The topological polar surface area (TPSA) is 26.0 Å². The molecule has 1 unspecified atom stereocenters. The van der Waals surface area contributed by atoms with Crippen molar-refractivity contribution in [3.63, 3.8) is 0 Å². The number of halogens is 2. The predicted molar refractivity (Wildman–Crippen MR) is 62.4 cm³/mol. The lowest BCUT2D eigenvalue weighted by Crippen LogP contribution is -2.12. The Labute approximate surface area is 94.7 Å². The van der Waals surface area contributed by atoms with Crippen LogP contribution in [0.1, 0.15) is 30.9 Å². The van der Waals surface area contributed by atoms with Gasteiger partial charge >= 0.3 is 0 Å². The normalized spacial score (nSPS) is 12.5. The first-order chi connectivity index (χ1) is 7.16. The van der Waals surface area contributed by atoms with E-state index < -0.39 is 0 Å². The Morgan fingerprint density at radius 2 is 2.27 bits per heavy atom. The molecule has 0 amide bonds. The summed E-state index contributed by atoms with van der Waals surface area (Å²) in [7, 11) is 0. The number of rotatable bonds is 5. The van der Waals surface area contributed by atoms with E-state index in [0.29, 0.717) is 17.0 Å². The molecule has 1 atom stereocenters. The third kappa shape index (κ3) is 3.33. The number of nitrogens with two attached hydrogens (primary N) is 1. The van der Waals surface area contributed by atoms with Crippen molar-refractivity contribution < 1.29 is 4.39 Å². The maximum Gasteiger partial charge on any atom is 0.129 e. The first-order valence-corrected chi connectivity index (χ1v) is 5.35. The third-order valence-corrected chi connectivity index (χ3v) is 2.62. The molecule has 15 heavy (non-hydrogen) atoms. The standard InChI is InChI=1S/C12H15ClFN/c1-2-3-4-8-11(15)12-9(13)6-5-7-10(12)14/h2,5-7,11H,1,3-4,8,15H2. The fraction of sp³-hybridized carbons (Fsp3) is 0.333. The van der Waals surface area contributed by atoms with Gasteiger partial charge in [0.25, 0.3) is 0 Å². The van der Waals surface area contributed by atoms with Crippen molar-refractivity contribution >= 4 is 11.6 Å². The van der Waals surface area contributed by atoms with E-state index in [1.807, 2.05) is 6.08 Å². The smallest absolute Gasteiger partial charge is 0.129 e. The molecule has 0 radical (unpaired) electrons. The van der Waals surface area contributed by atoms with Crippen molar-refractivity contribution in [2.45, 2.75) is 25.3 Å². The summed E-state index contributed by atoms with van der Waals surface area (Å²) in [5.74, 6) is -0.325. The zero-order valence-corrected chi connectivity index (χ0v) is 9.30. The van der Waals surface area contributed by atoms with Crippen LogP contribution < -0.4 is 5.73 Å². The van der Waals surface area contributed by atoms with E-state index in [9.17, 15) is 4.39 Å². The maximum absolute atomic E-state index is 13.4. The van der Waals surface area contributed by atoms with Gasteiger partial charge in [-0.1, -0.05) is 23.7 Å². The van der Waals surface area contributed by atoms with Crippen LogP contribution in [-0.4, -0.2) is 0 Å². The van der Waals surface area contributed by atoms with Crippen molar-refractivity contribution in [2.75, 3.05) is 0 Å². The van der Waals surface area contributed by atoms with Gasteiger partial charge in [0.2, 0.25) is 0 Å². The summed E-state index contributed by atoms with van der Waals surface area (Å²) in [5, 5.41) is 0.404. The molecular weight excluding hydrogens is 213 g/mol. The molecule has 0 aromatic heterocycles. The molecule has 82 valence electrons. The average molecular weight is 228 g/mol. The molecule has 0 spiro atoms. The molecule has 0 saturated heterocycles. The van der Waals surface area contributed by atoms with Crippen LogP contribution in [0.2, 0.25) is 5.02 Å². The maximum atomic E-state index is 13.4. The highest BCUT2D eigenvalue weighted by Crippen LogP contribution is 2.27. The van der Waals surface area contributed by atoms with Gasteiger partial charge in [-0.2, -0.15) is 0 Å². The van der Waals surface area contributed by atoms with E-state index in [2.05, 4.69) is 6.58 Å². The molecule has 0 fully saturated rings. The molecule has 1 nitrogen and oxygen atoms in total. The van der Waals surface area contributed by atoms with Gasteiger partial charge in [0.05, 0.1) is 0 Å². The molecule has 1 aromatic carbocycles. The molecule has 0 bridgehead atoms. The highest BCUT2D eigenvalue weighted by atomic mass is 35.5. The second kappa shape index (κ2) is 5.89. The average Bonchev–Trinajstić information content (AvgIpc) is 2.18. The van der Waals surface area contributed by atoms with Crippen molar-refractivity contribution in [3.8, 4) is 0 Å². The largest absolute Gasteiger partial charge is 0.324 e. The van der Waals surface area contributed by atoms with Gasteiger partial charge in [-0.15, -0.1) is 6.58 Å². The Balaban J connectivity index is 2.72. The zero-order chi connectivity index (χ0) is 11.3. The van der Waals surface area contributed by atoms with E-state index in [1.54, 1.807) is 12.1 Å².